The van der Waals surface area contributed by atoms with Gasteiger partial charge in [0.05, 0.1) is 28.1 Å². The summed E-state index contributed by atoms with van der Waals surface area (Å²) < 4.78 is 229. The normalized spacial score (nSPS) is 11.6. The van der Waals surface area contributed by atoms with E-state index in [1.54, 1.807) is 0 Å². The number of nitro benzene ring substituents is 2. The van der Waals surface area contributed by atoms with Crippen LogP contribution < -0.4 is 123 Å². The zero-order chi connectivity index (χ0) is 52.6. The largest absolute Gasteiger partial charge is 1.00 e. The summed E-state index contributed by atoms with van der Waals surface area (Å²) in [5.74, 6) is -21.0. The fourth-order valence-corrected chi connectivity index (χ4v) is 4.83. The van der Waals surface area contributed by atoms with Gasteiger partial charge in [0.2, 0.25) is 11.6 Å². The van der Waals surface area contributed by atoms with Gasteiger partial charge in [0, 0.05) is 33.3 Å². The topological polar surface area (TPSA) is 259 Å². The number of carbonyl (C=O) groups excluding carboxylic acids is 3. The summed E-state index contributed by atoms with van der Waals surface area (Å²) in [6, 6.07) is 4.82. The molecule has 2 aromatic carbocycles. The molecule has 3 N–H and O–H groups in total. The van der Waals surface area contributed by atoms with E-state index in [1.165, 1.54) is 10.6 Å². The number of nitrogens with one attached hydrogen (secondary N) is 2. The number of carbonyl (C=O) groups is 3. The van der Waals surface area contributed by atoms with Crippen molar-refractivity contribution in [2.75, 3.05) is 24.9 Å². The van der Waals surface area contributed by atoms with Gasteiger partial charge in [0.25, 0.3) is 18.3 Å². The Morgan fingerprint density at radius 2 is 1.00 bits per heavy atom. The predicted molar refractivity (Wildman–Crippen MR) is 181 cm³/mol. The molecule has 2 heterocycles. The quantitative estimate of drug-likeness (QED) is 0.0497. The minimum atomic E-state index is -6.45. The summed E-state index contributed by atoms with van der Waals surface area (Å²) in [5.41, 5.74) is -14.4. The van der Waals surface area contributed by atoms with Crippen LogP contribution in [0.3, 0.4) is 0 Å². The molecule has 2 aromatic heterocycles. The second kappa shape index (κ2) is 25.8. The first-order chi connectivity index (χ1) is 30.4. The average molecular weight is 1080 g/mol. The van der Waals surface area contributed by atoms with E-state index in [4.69, 9.17) is 19.9 Å². The van der Waals surface area contributed by atoms with E-state index in [-0.39, 0.29) is 120 Å². The summed E-state index contributed by atoms with van der Waals surface area (Å²) >= 11 is 0. The number of aliphatic hydroxyl groups excluding tert-OH is 1. The third-order valence-corrected chi connectivity index (χ3v) is 7.53. The second-order valence-corrected chi connectivity index (χ2v) is 11.6. The van der Waals surface area contributed by atoms with E-state index in [0.717, 1.165) is 38.5 Å². The number of aliphatic hydroxyl groups is 1. The van der Waals surface area contributed by atoms with Crippen molar-refractivity contribution >= 4 is 41.3 Å². The second-order valence-electron chi connectivity index (χ2n) is 11.6. The number of methoxy groups -OCH3 is 1. The molecule has 0 bridgehead atoms. The van der Waals surface area contributed by atoms with Gasteiger partial charge in [-0.2, -0.15) is 84.8 Å². The zero-order valence-corrected chi connectivity index (χ0v) is 40.9. The number of hydrogen-bond donors (Lipinski definition) is 3. The van der Waals surface area contributed by atoms with Crippen molar-refractivity contribution in [3.63, 3.8) is 0 Å². The zero-order valence-electron chi connectivity index (χ0n) is 35.7. The van der Waals surface area contributed by atoms with Crippen LogP contribution in [-0.4, -0.2) is 79.4 Å². The Kier molecular flexibility index (Phi) is 25.1. The molecule has 2 amide bonds. The van der Waals surface area contributed by atoms with Crippen molar-refractivity contribution in [3.05, 3.63) is 96.1 Å². The molecule has 19 nitrogen and oxygen atoms in total. The monoisotopic (exact) mass is 1080 g/mol. The van der Waals surface area contributed by atoms with Crippen molar-refractivity contribution in [1.82, 2.24) is 19.6 Å². The molecule has 0 radical (unpaired) electrons. The number of halogens is 17. The fraction of sp³-hybridized carbons (Fsp3) is 0.323. The van der Waals surface area contributed by atoms with Crippen LogP contribution in [0.25, 0.3) is 0 Å². The molecule has 0 aliphatic heterocycles. The number of hydrogen-bond acceptors (Lipinski definition) is 13. The molecule has 0 aliphatic rings. The van der Waals surface area contributed by atoms with Gasteiger partial charge < -0.3 is 32.0 Å². The molecule has 374 valence electrons. The number of para-hydroxylation sites is 1. The summed E-state index contributed by atoms with van der Waals surface area (Å²) in [7, 11) is 3.02. The van der Waals surface area contributed by atoms with Crippen LogP contribution in [0, 0.1) is 26.0 Å². The number of aryl methyl sites for hydroxylation is 2. The standard InChI is InChI=1S/C15H10F8N4O4.C14H7F9N4O3.CH2O3.CH4O.2K.H/c1-26-11(8(14(18,19)20)10(25-26)13(16,17)15(21,22)23)24-12(28)6-4-3-5-7(27(29)30)9(6)31-2;1-26-10(24-11(28)5-3-2-4-6(8(5)15)27(29)30)7(13(18,19)20)9(25-26)12(16,17)14(21,22)23;2-1-4-3;1-2;;;/h3-5H,1-2H3,(H,24,28);2-4H,1H3,(H,24,28);1,3H;2H,1H3;;;/q;;;;2*+1;-1/p-1. The molecule has 0 fully saturated rings. The van der Waals surface area contributed by atoms with Crippen LogP contribution in [0.4, 0.5) is 97.6 Å². The Labute approximate surface area is 456 Å². The van der Waals surface area contributed by atoms with Crippen LogP contribution in [0.1, 0.15) is 44.7 Å². The number of aromatic nitrogens is 4. The Morgan fingerprint density at radius 1 is 0.681 bits per heavy atom. The number of ether oxygens (including phenoxy) is 1. The third-order valence-electron chi connectivity index (χ3n) is 7.53. The van der Waals surface area contributed by atoms with Crippen LogP contribution in [0.2, 0.25) is 0 Å². The first-order valence-corrected chi connectivity index (χ1v) is 16.2. The van der Waals surface area contributed by atoms with Gasteiger partial charge >= 0.3 is 151 Å². The first kappa shape index (κ1) is 67.0. The minimum absolute atomic E-state index is 0. The number of rotatable bonds is 10. The third kappa shape index (κ3) is 15.7. The van der Waals surface area contributed by atoms with Gasteiger partial charge in [-0.05, 0) is 12.1 Å². The van der Waals surface area contributed by atoms with Gasteiger partial charge in [-0.1, -0.05) is 12.1 Å². The van der Waals surface area contributed by atoms with E-state index < -0.39 is 126 Å². The van der Waals surface area contributed by atoms with Crippen molar-refractivity contribution in [1.29, 1.82) is 0 Å². The fourth-order valence-electron chi connectivity index (χ4n) is 4.83. The van der Waals surface area contributed by atoms with Gasteiger partial charge in [-0.3, -0.25) is 44.0 Å². The van der Waals surface area contributed by atoms with E-state index in [2.05, 4.69) is 15.1 Å². The molecular weight excluding hydrogens is 1060 g/mol. The maximum atomic E-state index is 14.0. The molecule has 69 heavy (non-hydrogen) atoms. The Hall–Kier alpha value is -4.13. The molecule has 0 saturated carbocycles. The van der Waals surface area contributed by atoms with Gasteiger partial charge in [0.15, 0.2) is 11.4 Å². The van der Waals surface area contributed by atoms with Gasteiger partial charge in [0.1, 0.15) is 22.8 Å². The molecule has 0 unspecified atom stereocenters. The summed E-state index contributed by atoms with van der Waals surface area (Å²) in [6.45, 7) is -0.181. The molecular formula is C31H23F17K2N8O11. The molecule has 4 rings (SSSR count). The predicted octanol–water partition coefficient (Wildman–Crippen LogP) is 0.818. The summed E-state index contributed by atoms with van der Waals surface area (Å²) in [6.07, 6.45) is -24.5. The van der Waals surface area contributed by atoms with Crippen LogP contribution in [-0.2, 0) is 48.0 Å². The van der Waals surface area contributed by atoms with Crippen molar-refractivity contribution in [3.8, 4) is 5.75 Å². The SMILES string of the molecule is CO.COc1c(C(=O)Nc2c(C(F)(F)F)c(C(F)(F)C(F)(F)F)nn2C)cccc1[N+](=O)[O-].Cn1nc(C(F)(F)C(F)(F)F)c(C(F)(F)F)c1NC(=O)c1cccc([N+](=O)[O-])c1F.O=CO[O-].[H-].[K+].[K+]. The number of alkyl halides is 16. The number of nitro groups is 2. The average Bonchev–Trinajstić information content (AvgIpc) is 3.74. The molecule has 0 saturated heterocycles. The van der Waals surface area contributed by atoms with E-state index in [1.807, 2.05) is 0 Å². The van der Waals surface area contributed by atoms with Crippen molar-refractivity contribution in [2.45, 2.75) is 36.6 Å². The maximum absolute atomic E-state index is 14.0. The number of anilines is 2. The molecule has 0 aliphatic carbocycles. The smallest absolute Gasteiger partial charge is 1.00 e. The van der Waals surface area contributed by atoms with Crippen LogP contribution in [0.15, 0.2) is 36.4 Å². The van der Waals surface area contributed by atoms with E-state index >= 15 is 0 Å². The summed E-state index contributed by atoms with van der Waals surface area (Å²) in [5, 5.41) is 45.1. The van der Waals surface area contributed by atoms with E-state index in [9.17, 15) is 104 Å². The Morgan fingerprint density at radius 3 is 1.29 bits per heavy atom. The molecule has 4 aromatic rings. The minimum Gasteiger partial charge on any atom is -1.00 e. The van der Waals surface area contributed by atoms with Gasteiger partial charge in [-0.15, -0.1) is 0 Å². The summed E-state index contributed by atoms with van der Waals surface area (Å²) in [4.78, 5) is 55.2. The Balaban J connectivity index is -0.00000111. The number of amides is 2. The van der Waals surface area contributed by atoms with Crippen molar-refractivity contribution in [2.24, 2.45) is 14.1 Å². The number of benzene rings is 2. The maximum Gasteiger partial charge on any atom is 1.00 e. The Bertz CT molecular complexity index is 2470. The van der Waals surface area contributed by atoms with Gasteiger partial charge in [-0.25, -0.2) is 0 Å². The number of nitrogens with zero attached hydrogens (tertiary/aromatic N) is 6. The first-order valence-electron chi connectivity index (χ1n) is 16.2. The molecule has 0 spiro atoms. The molecule has 0 atom stereocenters. The van der Waals surface area contributed by atoms with Crippen LogP contribution in [0.5, 0.6) is 5.75 Å². The van der Waals surface area contributed by atoms with Crippen molar-refractivity contribution < 1.29 is 223 Å². The van der Waals surface area contributed by atoms with E-state index in [0.29, 0.717) is 26.2 Å². The van der Waals surface area contributed by atoms with Crippen LogP contribution >= 0.6 is 0 Å². The molecule has 38 heteroatoms.